The van der Waals surface area contributed by atoms with E-state index < -0.39 is 11.4 Å². The van der Waals surface area contributed by atoms with E-state index >= 15 is 0 Å². The summed E-state index contributed by atoms with van der Waals surface area (Å²) in [4.78, 5) is 31.3. The number of ether oxygens (including phenoxy) is 2. The van der Waals surface area contributed by atoms with Gasteiger partial charge in [-0.25, -0.2) is 14.2 Å². The van der Waals surface area contributed by atoms with Crippen LogP contribution in [0.15, 0.2) is 33.9 Å². The minimum absolute atomic E-state index is 0.132. The highest BCUT2D eigenvalue weighted by molar-refractivity contribution is 5.34. The predicted molar refractivity (Wildman–Crippen MR) is 93.2 cm³/mol. The maximum Gasteiger partial charge on any atom is 0.355 e. The molecule has 2 N–H and O–H groups in total. The van der Waals surface area contributed by atoms with Crippen molar-refractivity contribution in [3.05, 3.63) is 50.8 Å². The minimum atomic E-state index is -0.542. The Morgan fingerprint density at radius 3 is 2.56 bits per heavy atom. The normalized spacial score (nSPS) is 16.4. The monoisotopic (exact) mass is 346 g/mol. The lowest BCUT2D eigenvalue weighted by Gasteiger charge is -2.23. The first-order valence-corrected chi connectivity index (χ1v) is 8.29. The van der Waals surface area contributed by atoms with E-state index in [0.717, 1.165) is 11.3 Å². The number of hydrogen-bond acceptors (Lipinski definition) is 6. The van der Waals surface area contributed by atoms with Crippen LogP contribution in [-0.2, 0) is 4.74 Å². The molecule has 1 aromatic carbocycles. The van der Waals surface area contributed by atoms with Gasteiger partial charge in [0, 0.05) is 19.3 Å². The van der Waals surface area contributed by atoms with Crippen molar-refractivity contribution < 1.29 is 9.47 Å². The van der Waals surface area contributed by atoms with Gasteiger partial charge in [0.15, 0.2) is 0 Å². The summed E-state index contributed by atoms with van der Waals surface area (Å²) in [5.74, 6) is 0.933. The zero-order valence-corrected chi connectivity index (χ0v) is 14.3. The summed E-state index contributed by atoms with van der Waals surface area (Å²) < 4.78 is 11.6. The van der Waals surface area contributed by atoms with Gasteiger partial charge in [-0.05, 0) is 37.5 Å². The van der Waals surface area contributed by atoms with Crippen molar-refractivity contribution in [2.45, 2.75) is 31.8 Å². The van der Waals surface area contributed by atoms with Crippen LogP contribution in [0.4, 0.5) is 5.95 Å². The first-order valence-electron chi connectivity index (χ1n) is 8.29. The summed E-state index contributed by atoms with van der Waals surface area (Å²) in [5.41, 5.74) is -0.00605. The number of anilines is 1. The van der Waals surface area contributed by atoms with Crippen LogP contribution in [0.2, 0.25) is 0 Å². The van der Waals surface area contributed by atoms with Crippen LogP contribution in [-0.4, -0.2) is 34.9 Å². The van der Waals surface area contributed by atoms with Crippen LogP contribution >= 0.6 is 0 Å². The Bertz CT molecular complexity index is 791. The van der Waals surface area contributed by atoms with Crippen LogP contribution in [0.25, 0.3) is 0 Å². The van der Waals surface area contributed by atoms with Crippen LogP contribution in [0.1, 0.15) is 37.4 Å². The van der Waals surface area contributed by atoms with Crippen molar-refractivity contribution in [3.63, 3.8) is 0 Å². The molecule has 1 saturated heterocycles. The van der Waals surface area contributed by atoms with E-state index in [9.17, 15) is 9.59 Å². The fourth-order valence-corrected chi connectivity index (χ4v) is 2.94. The zero-order valence-electron chi connectivity index (χ0n) is 14.3. The number of hydrogen-bond donors (Lipinski definition) is 2. The Morgan fingerprint density at radius 2 is 1.96 bits per heavy atom. The number of benzene rings is 1. The first kappa shape index (κ1) is 17.2. The number of rotatable bonds is 5. The summed E-state index contributed by atoms with van der Waals surface area (Å²) in [5, 5.41) is 3.06. The SMILES string of the molecule is COc1ccc([C@H](C)Nc2nc(=O)n(C3CCOCC3)c(=O)[nH]2)cc1. The molecule has 1 aliphatic rings. The zero-order chi connectivity index (χ0) is 17.8. The Labute approximate surface area is 144 Å². The van der Waals surface area contributed by atoms with Gasteiger partial charge in [-0.3, -0.25) is 4.98 Å². The van der Waals surface area contributed by atoms with Crippen LogP contribution in [0.5, 0.6) is 5.75 Å². The molecule has 8 heteroatoms. The molecule has 0 aliphatic carbocycles. The molecular formula is C17H22N4O4. The maximum absolute atomic E-state index is 12.3. The topological polar surface area (TPSA) is 98.2 Å². The molecule has 134 valence electrons. The van der Waals surface area contributed by atoms with Gasteiger partial charge in [-0.1, -0.05) is 12.1 Å². The van der Waals surface area contributed by atoms with E-state index in [2.05, 4.69) is 15.3 Å². The number of nitrogens with one attached hydrogen (secondary N) is 2. The Balaban J connectivity index is 1.78. The van der Waals surface area contributed by atoms with E-state index in [-0.39, 0.29) is 18.0 Å². The molecule has 0 saturated carbocycles. The maximum atomic E-state index is 12.3. The van der Waals surface area contributed by atoms with Gasteiger partial charge in [0.05, 0.1) is 13.2 Å². The Kier molecular flexibility index (Phi) is 5.18. The van der Waals surface area contributed by atoms with Crippen molar-refractivity contribution in [2.75, 3.05) is 25.6 Å². The van der Waals surface area contributed by atoms with E-state index in [4.69, 9.17) is 9.47 Å². The van der Waals surface area contributed by atoms with Gasteiger partial charge in [0.25, 0.3) is 0 Å². The third-order valence-electron chi connectivity index (χ3n) is 4.38. The first-order chi connectivity index (χ1) is 12.1. The molecule has 0 radical (unpaired) electrons. The number of H-pyrrole nitrogens is 1. The summed E-state index contributed by atoms with van der Waals surface area (Å²) in [6, 6.07) is 7.24. The molecule has 0 amide bonds. The number of nitrogens with zero attached hydrogens (tertiary/aromatic N) is 2. The van der Waals surface area contributed by atoms with Crippen LogP contribution < -0.4 is 21.4 Å². The summed E-state index contributed by atoms with van der Waals surface area (Å²) in [6.45, 7) is 3.02. The lowest BCUT2D eigenvalue weighted by atomic mass is 10.1. The van der Waals surface area contributed by atoms with E-state index in [0.29, 0.717) is 26.1 Å². The Hall–Kier alpha value is -2.61. The highest BCUT2D eigenvalue weighted by Gasteiger charge is 2.20. The Morgan fingerprint density at radius 1 is 1.28 bits per heavy atom. The van der Waals surface area contributed by atoms with E-state index in [1.807, 2.05) is 31.2 Å². The average molecular weight is 346 g/mol. The van der Waals surface area contributed by atoms with Crippen LogP contribution in [0, 0.1) is 0 Å². The molecule has 25 heavy (non-hydrogen) atoms. The van der Waals surface area contributed by atoms with Crippen molar-refractivity contribution in [2.24, 2.45) is 0 Å². The molecule has 1 aromatic heterocycles. The molecule has 1 fully saturated rings. The molecule has 1 atom stereocenters. The van der Waals surface area contributed by atoms with Gasteiger partial charge < -0.3 is 14.8 Å². The van der Waals surface area contributed by atoms with Gasteiger partial charge in [0.2, 0.25) is 5.95 Å². The molecule has 0 unspecified atom stereocenters. The second kappa shape index (κ2) is 7.52. The van der Waals surface area contributed by atoms with E-state index in [1.54, 1.807) is 7.11 Å². The summed E-state index contributed by atoms with van der Waals surface area (Å²) in [7, 11) is 1.61. The molecular weight excluding hydrogens is 324 g/mol. The lowest BCUT2D eigenvalue weighted by Crippen LogP contribution is -2.42. The number of aromatic amines is 1. The minimum Gasteiger partial charge on any atom is -0.497 e. The standard InChI is InChI=1S/C17H22N4O4/c1-11(12-3-5-14(24-2)6-4-12)18-15-19-16(22)21(17(23)20-15)13-7-9-25-10-8-13/h3-6,11,13H,7-10H2,1-2H3,(H2,18,19,20,22,23)/t11-/m0/s1. The molecule has 2 aromatic rings. The van der Waals surface area contributed by atoms with Gasteiger partial charge in [-0.2, -0.15) is 4.98 Å². The highest BCUT2D eigenvalue weighted by atomic mass is 16.5. The second-order valence-electron chi connectivity index (χ2n) is 6.03. The van der Waals surface area contributed by atoms with Crippen molar-refractivity contribution in [1.29, 1.82) is 0 Å². The van der Waals surface area contributed by atoms with Crippen molar-refractivity contribution >= 4 is 5.95 Å². The second-order valence-corrected chi connectivity index (χ2v) is 6.03. The van der Waals surface area contributed by atoms with Gasteiger partial charge in [0.1, 0.15) is 5.75 Å². The molecule has 0 spiro atoms. The number of aromatic nitrogens is 3. The lowest BCUT2D eigenvalue weighted by molar-refractivity contribution is 0.0670. The molecule has 8 nitrogen and oxygen atoms in total. The summed E-state index contributed by atoms with van der Waals surface area (Å²) in [6.07, 6.45) is 1.28. The third-order valence-corrected chi connectivity index (χ3v) is 4.38. The highest BCUT2D eigenvalue weighted by Crippen LogP contribution is 2.20. The van der Waals surface area contributed by atoms with Crippen LogP contribution in [0.3, 0.4) is 0 Å². The van der Waals surface area contributed by atoms with Gasteiger partial charge in [-0.15, -0.1) is 0 Å². The quantitative estimate of drug-likeness (QED) is 0.851. The van der Waals surface area contributed by atoms with Crippen molar-refractivity contribution in [1.82, 2.24) is 14.5 Å². The van der Waals surface area contributed by atoms with Gasteiger partial charge >= 0.3 is 11.4 Å². The molecule has 1 aliphatic heterocycles. The predicted octanol–water partition coefficient (Wildman–Crippen LogP) is 1.46. The van der Waals surface area contributed by atoms with Crippen molar-refractivity contribution in [3.8, 4) is 5.75 Å². The average Bonchev–Trinajstić information content (AvgIpc) is 2.62. The molecule has 3 rings (SSSR count). The van der Waals surface area contributed by atoms with E-state index in [1.165, 1.54) is 4.57 Å². The number of methoxy groups -OCH3 is 1. The largest absolute Gasteiger partial charge is 0.497 e. The fourth-order valence-electron chi connectivity index (χ4n) is 2.94. The third kappa shape index (κ3) is 3.90. The summed E-state index contributed by atoms with van der Waals surface area (Å²) >= 11 is 0. The molecule has 0 bridgehead atoms. The fraction of sp³-hybridized carbons (Fsp3) is 0.471. The smallest absolute Gasteiger partial charge is 0.355 e. The molecule has 2 heterocycles.